The van der Waals surface area contributed by atoms with Gasteiger partial charge >= 0.3 is 5.97 Å². The molecule has 1 unspecified atom stereocenters. The number of aliphatic carboxylic acids is 1. The molecule has 2 rings (SSSR count). The molecule has 6 nitrogen and oxygen atoms in total. The van der Waals surface area contributed by atoms with Crippen molar-refractivity contribution in [1.82, 2.24) is 8.61 Å². The van der Waals surface area contributed by atoms with Crippen LogP contribution in [0.2, 0.25) is 0 Å². The van der Waals surface area contributed by atoms with Crippen molar-refractivity contribution in [3.05, 3.63) is 12.7 Å². The first-order chi connectivity index (χ1) is 10.8. The maximum atomic E-state index is 12.8. The molecule has 0 amide bonds. The number of allylic oxidation sites excluding steroid dienone is 1. The molecule has 2 saturated heterocycles. The number of carboxylic acids is 1. The summed E-state index contributed by atoms with van der Waals surface area (Å²) in [6, 6.07) is 0. The summed E-state index contributed by atoms with van der Waals surface area (Å²) in [4.78, 5) is 11.7. The molecule has 2 fully saturated rings. The highest BCUT2D eigenvalue weighted by molar-refractivity contribution is 7.86. The van der Waals surface area contributed by atoms with Crippen LogP contribution in [0, 0.1) is 11.3 Å². The van der Waals surface area contributed by atoms with Crippen LogP contribution in [-0.4, -0.2) is 54.3 Å². The van der Waals surface area contributed by atoms with Gasteiger partial charge in [-0.15, -0.1) is 6.58 Å². The molecular formula is C16H28N2O4S. The van der Waals surface area contributed by atoms with E-state index in [1.165, 1.54) is 4.31 Å². The van der Waals surface area contributed by atoms with E-state index in [1.54, 1.807) is 10.4 Å². The summed E-state index contributed by atoms with van der Waals surface area (Å²) < 4.78 is 28.6. The summed E-state index contributed by atoms with van der Waals surface area (Å²) >= 11 is 0. The molecule has 2 aliphatic rings. The lowest BCUT2D eigenvalue weighted by Gasteiger charge is -2.41. The third kappa shape index (κ3) is 3.95. The molecule has 23 heavy (non-hydrogen) atoms. The molecule has 0 aromatic rings. The predicted molar refractivity (Wildman–Crippen MR) is 89.2 cm³/mol. The molecule has 1 N–H and O–H groups in total. The molecule has 1 atom stereocenters. The lowest BCUT2D eigenvalue weighted by molar-refractivity contribution is -0.151. The van der Waals surface area contributed by atoms with E-state index in [0.29, 0.717) is 44.7 Å². The van der Waals surface area contributed by atoms with Gasteiger partial charge in [-0.1, -0.05) is 13.0 Å². The van der Waals surface area contributed by atoms with Gasteiger partial charge in [0.25, 0.3) is 10.2 Å². The fraction of sp³-hybridized carbons (Fsp3) is 0.812. The van der Waals surface area contributed by atoms with Gasteiger partial charge in [0.05, 0.1) is 5.41 Å². The summed E-state index contributed by atoms with van der Waals surface area (Å²) in [6.07, 6.45) is 5.60. The van der Waals surface area contributed by atoms with E-state index in [1.807, 2.05) is 0 Å². The largest absolute Gasteiger partial charge is 0.481 e. The van der Waals surface area contributed by atoms with Crippen LogP contribution in [-0.2, 0) is 15.0 Å². The molecule has 0 radical (unpaired) electrons. The fourth-order valence-electron chi connectivity index (χ4n) is 3.61. The van der Waals surface area contributed by atoms with Gasteiger partial charge in [0.2, 0.25) is 0 Å². The number of hydrogen-bond donors (Lipinski definition) is 1. The summed E-state index contributed by atoms with van der Waals surface area (Å²) in [6.45, 7) is 7.44. The normalized spacial score (nSPS) is 26.7. The average molecular weight is 344 g/mol. The second-order valence-corrected chi connectivity index (χ2v) is 8.85. The summed E-state index contributed by atoms with van der Waals surface area (Å²) in [7, 11) is -3.46. The Hall–Kier alpha value is -0.920. The van der Waals surface area contributed by atoms with Crippen LogP contribution in [0.15, 0.2) is 12.7 Å². The number of carboxylic acid groups (broad SMARTS) is 1. The molecule has 2 heterocycles. The van der Waals surface area contributed by atoms with Crippen LogP contribution in [0.25, 0.3) is 0 Å². The zero-order valence-electron chi connectivity index (χ0n) is 13.9. The summed E-state index contributed by atoms with van der Waals surface area (Å²) in [5, 5.41) is 9.58. The Labute approximate surface area is 139 Å². The van der Waals surface area contributed by atoms with Gasteiger partial charge in [0.15, 0.2) is 0 Å². The first-order valence-corrected chi connectivity index (χ1v) is 9.81. The number of carbonyl (C=O) groups is 1. The van der Waals surface area contributed by atoms with E-state index >= 15 is 0 Å². The number of rotatable bonds is 6. The van der Waals surface area contributed by atoms with Crippen molar-refractivity contribution in [2.24, 2.45) is 11.3 Å². The topological polar surface area (TPSA) is 77.9 Å². The van der Waals surface area contributed by atoms with Crippen molar-refractivity contribution in [2.45, 2.75) is 45.4 Å². The Morgan fingerprint density at radius 2 is 1.96 bits per heavy atom. The molecule has 0 spiro atoms. The average Bonchev–Trinajstić information content (AvgIpc) is 2.53. The minimum atomic E-state index is -3.46. The summed E-state index contributed by atoms with van der Waals surface area (Å²) in [5.74, 6) is -0.433. The van der Waals surface area contributed by atoms with Gasteiger partial charge < -0.3 is 5.11 Å². The van der Waals surface area contributed by atoms with Crippen molar-refractivity contribution < 1.29 is 18.3 Å². The quantitative estimate of drug-likeness (QED) is 0.749. The molecular weight excluding hydrogens is 316 g/mol. The fourth-order valence-corrected chi connectivity index (χ4v) is 5.39. The zero-order valence-corrected chi connectivity index (χ0v) is 14.7. The van der Waals surface area contributed by atoms with Crippen LogP contribution in [0.3, 0.4) is 0 Å². The lowest BCUT2D eigenvalue weighted by atomic mass is 9.75. The minimum absolute atomic E-state index is 0.288. The summed E-state index contributed by atoms with van der Waals surface area (Å²) in [5.41, 5.74) is -0.810. The Morgan fingerprint density at radius 3 is 2.48 bits per heavy atom. The highest BCUT2D eigenvalue weighted by Crippen LogP contribution is 2.38. The molecule has 0 aliphatic carbocycles. The Balaban J connectivity index is 2.04. The second-order valence-electron chi connectivity index (χ2n) is 6.93. The van der Waals surface area contributed by atoms with Gasteiger partial charge in [-0.25, -0.2) is 0 Å². The Morgan fingerprint density at radius 1 is 1.30 bits per heavy atom. The Kier molecular flexibility index (Phi) is 5.86. The smallest absolute Gasteiger partial charge is 0.309 e. The number of hydrogen-bond acceptors (Lipinski definition) is 3. The molecule has 0 saturated carbocycles. The predicted octanol–water partition coefficient (Wildman–Crippen LogP) is 2.10. The molecule has 0 aromatic heterocycles. The van der Waals surface area contributed by atoms with E-state index in [2.05, 4.69) is 13.5 Å². The van der Waals surface area contributed by atoms with E-state index in [9.17, 15) is 18.3 Å². The molecule has 132 valence electrons. The highest BCUT2D eigenvalue weighted by atomic mass is 32.2. The van der Waals surface area contributed by atoms with Crippen molar-refractivity contribution >= 4 is 16.2 Å². The van der Waals surface area contributed by atoms with Gasteiger partial charge in [-0.05, 0) is 44.4 Å². The molecule has 0 bridgehead atoms. The standard InChI is InChI=1S/C16H28N2O4S/c1-3-4-7-16(15(19)20)8-11-17(12-9-16)23(21,22)18-10-5-6-14(2)13-18/h3,14H,1,4-13H2,2H3,(H,19,20). The highest BCUT2D eigenvalue weighted by Gasteiger charge is 2.44. The van der Waals surface area contributed by atoms with Crippen molar-refractivity contribution in [1.29, 1.82) is 0 Å². The SMILES string of the molecule is C=CCCC1(C(=O)O)CCN(S(=O)(=O)N2CCCC(C)C2)CC1. The van der Waals surface area contributed by atoms with Gasteiger partial charge in [-0.3, -0.25) is 4.79 Å². The third-order valence-electron chi connectivity index (χ3n) is 5.23. The van der Waals surface area contributed by atoms with Gasteiger partial charge in [0.1, 0.15) is 0 Å². The van der Waals surface area contributed by atoms with Gasteiger partial charge in [0, 0.05) is 26.2 Å². The van der Waals surface area contributed by atoms with Crippen molar-refractivity contribution in [3.8, 4) is 0 Å². The van der Waals surface area contributed by atoms with E-state index in [4.69, 9.17) is 0 Å². The van der Waals surface area contributed by atoms with E-state index in [0.717, 1.165) is 12.8 Å². The third-order valence-corrected chi connectivity index (χ3v) is 7.23. The maximum absolute atomic E-state index is 12.8. The van der Waals surface area contributed by atoms with E-state index in [-0.39, 0.29) is 13.1 Å². The van der Waals surface area contributed by atoms with Crippen molar-refractivity contribution in [3.63, 3.8) is 0 Å². The number of piperidine rings is 2. The van der Waals surface area contributed by atoms with Gasteiger partial charge in [-0.2, -0.15) is 17.0 Å². The van der Waals surface area contributed by atoms with Crippen LogP contribution in [0.4, 0.5) is 0 Å². The maximum Gasteiger partial charge on any atom is 0.309 e. The Bertz CT molecular complexity index is 538. The molecule has 7 heteroatoms. The van der Waals surface area contributed by atoms with E-state index < -0.39 is 21.6 Å². The lowest BCUT2D eigenvalue weighted by Crippen LogP contribution is -2.52. The first-order valence-electron chi connectivity index (χ1n) is 8.41. The molecule has 0 aromatic carbocycles. The monoisotopic (exact) mass is 344 g/mol. The minimum Gasteiger partial charge on any atom is -0.481 e. The van der Waals surface area contributed by atoms with Crippen molar-refractivity contribution in [2.75, 3.05) is 26.2 Å². The molecule has 2 aliphatic heterocycles. The van der Waals surface area contributed by atoms with Crippen LogP contribution >= 0.6 is 0 Å². The first kappa shape index (κ1) is 18.4. The number of nitrogens with zero attached hydrogens (tertiary/aromatic N) is 2. The van der Waals surface area contributed by atoms with Crippen LogP contribution in [0.1, 0.15) is 45.4 Å². The zero-order chi connectivity index (χ0) is 17.1. The van der Waals surface area contributed by atoms with Crippen LogP contribution < -0.4 is 0 Å². The van der Waals surface area contributed by atoms with Crippen LogP contribution in [0.5, 0.6) is 0 Å². The second kappa shape index (κ2) is 7.32.